The summed E-state index contributed by atoms with van der Waals surface area (Å²) >= 11 is 4.23. The molecule has 3 aromatic rings. The number of rotatable bonds is 6. The number of aromatic nitrogens is 4. The van der Waals surface area contributed by atoms with Gasteiger partial charge in [-0.15, -0.1) is 4.31 Å². The smallest absolute Gasteiger partial charge is 0.451 e. The quantitative estimate of drug-likeness (QED) is 0.386. The van der Waals surface area contributed by atoms with Gasteiger partial charge >= 0.3 is 6.18 Å². The fourth-order valence-corrected chi connectivity index (χ4v) is 5.28. The van der Waals surface area contributed by atoms with Gasteiger partial charge in [-0.3, -0.25) is 9.78 Å². The van der Waals surface area contributed by atoms with Gasteiger partial charge in [-0.2, -0.15) is 13.2 Å². The van der Waals surface area contributed by atoms with E-state index in [0.29, 0.717) is 34.6 Å². The molecular formula is C22H20ClF3N6O2S. The fraction of sp³-hybridized carbons (Fsp3) is 0.318. The molecule has 1 aliphatic heterocycles. The first-order valence-corrected chi connectivity index (χ1v) is 12.1. The maximum absolute atomic E-state index is 13.1. The van der Waals surface area contributed by atoms with E-state index >= 15 is 0 Å². The number of alkyl halides is 3. The molecule has 0 bridgehead atoms. The molecule has 1 saturated heterocycles. The van der Waals surface area contributed by atoms with E-state index in [1.54, 1.807) is 28.6 Å². The van der Waals surface area contributed by atoms with E-state index < -0.39 is 29.4 Å². The first-order valence-electron chi connectivity index (χ1n) is 10.6. The Balaban J connectivity index is 1.43. The number of amides is 1. The molecule has 1 aliphatic rings. The standard InChI is InChI=1S/C22H20ClF3N6O2S/c1-13-2-4-18(32(13)35(34)16-3-5-19(23)28-12-16)20(33)29-9-14-6-7-27-17(8-14)15-10-30-21(31-11-15)22(24,25)26/h3,5-8,10-13,18H,2,4,9H2,1H3,(H,29,33)/t13-,18-,35?/m0/s1. The second-order valence-electron chi connectivity index (χ2n) is 7.93. The van der Waals surface area contributed by atoms with Gasteiger partial charge in [0.15, 0.2) is 4.90 Å². The minimum Gasteiger partial charge on any atom is -0.593 e. The van der Waals surface area contributed by atoms with E-state index in [1.807, 2.05) is 6.92 Å². The molecule has 8 nitrogen and oxygen atoms in total. The molecule has 1 unspecified atom stereocenters. The average molecular weight is 525 g/mol. The van der Waals surface area contributed by atoms with Gasteiger partial charge in [-0.1, -0.05) is 11.6 Å². The Hall–Kier alpha value is -2.80. The molecule has 0 spiro atoms. The van der Waals surface area contributed by atoms with E-state index in [1.165, 1.54) is 12.4 Å². The first-order chi connectivity index (χ1) is 16.6. The van der Waals surface area contributed by atoms with Crippen LogP contribution in [-0.2, 0) is 28.9 Å². The summed E-state index contributed by atoms with van der Waals surface area (Å²) in [7, 11) is 0. The summed E-state index contributed by atoms with van der Waals surface area (Å²) < 4.78 is 52.9. The van der Waals surface area contributed by atoms with E-state index in [2.05, 4.69) is 25.3 Å². The number of carbonyl (C=O) groups excluding carboxylic acids is 1. The van der Waals surface area contributed by atoms with Crippen molar-refractivity contribution in [3.63, 3.8) is 0 Å². The second kappa shape index (κ2) is 10.4. The molecule has 3 atom stereocenters. The summed E-state index contributed by atoms with van der Waals surface area (Å²) in [6.45, 7) is 2.07. The molecule has 1 N–H and O–H groups in total. The van der Waals surface area contributed by atoms with Crippen LogP contribution < -0.4 is 5.32 Å². The van der Waals surface area contributed by atoms with Gasteiger partial charge in [-0.25, -0.2) is 15.0 Å². The van der Waals surface area contributed by atoms with Crippen molar-refractivity contribution in [1.82, 2.24) is 29.6 Å². The molecule has 0 aliphatic carbocycles. The predicted molar refractivity (Wildman–Crippen MR) is 122 cm³/mol. The zero-order valence-electron chi connectivity index (χ0n) is 18.4. The normalized spacial score (nSPS) is 19.5. The van der Waals surface area contributed by atoms with Crippen LogP contribution in [0.25, 0.3) is 11.3 Å². The highest BCUT2D eigenvalue weighted by Gasteiger charge is 2.44. The van der Waals surface area contributed by atoms with Crippen molar-refractivity contribution < 1.29 is 22.5 Å². The summed E-state index contributed by atoms with van der Waals surface area (Å²) in [6.07, 6.45) is 1.65. The third kappa shape index (κ3) is 5.89. The fourth-order valence-electron chi connectivity index (χ4n) is 3.73. The Kier molecular flexibility index (Phi) is 7.55. The lowest BCUT2D eigenvalue weighted by Crippen LogP contribution is -2.48. The monoisotopic (exact) mass is 524 g/mol. The van der Waals surface area contributed by atoms with Crippen LogP contribution in [0.3, 0.4) is 0 Å². The van der Waals surface area contributed by atoms with Crippen LogP contribution in [0, 0.1) is 0 Å². The lowest BCUT2D eigenvalue weighted by atomic mass is 10.1. The van der Waals surface area contributed by atoms with Crippen molar-refractivity contribution in [2.75, 3.05) is 0 Å². The molecule has 35 heavy (non-hydrogen) atoms. The van der Waals surface area contributed by atoms with Crippen molar-refractivity contribution in [3.8, 4) is 11.3 Å². The molecule has 1 amide bonds. The van der Waals surface area contributed by atoms with Crippen LogP contribution in [-0.4, -0.2) is 46.8 Å². The van der Waals surface area contributed by atoms with E-state index in [4.69, 9.17) is 11.6 Å². The third-order valence-electron chi connectivity index (χ3n) is 5.49. The molecular weight excluding hydrogens is 505 g/mol. The van der Waals surface area contributed by atoms with Gasteiger partial charge in [0.05, 0.1) is 29.3 Å². The van der Waals surface area contributed by atoms with E-state index in [-0.39, 0.29) is 23.6 Å². The Morgan fingerprint density at radius 1 is 1.17 bits per heavy atom. The number of hydrogen-bond acceptors (Lipinski definition) is 7. The number of nitrogens with zero attached hydrogens (tertiary/aromatic N) is 5. The van der Waals surface area contributed by atoms with Crippen LogP contribution in [0.15, 0.2) is 53.9 Å². The molecule has 0 aromatic carbocycles. The number of carbonyl (C=O) groups is 1. The Labute approximate surface area is 207 Å². The first kappa shape index (κ1) is 25.3. The highest BCUT2D eigenvalue weighted by Crippen LogP contribution is 2.31. The Bertz CT molecular complexity index is 1180. The summed E-state index contributed by atoms with van der Waals surface area (Å²) in [5.41, 5.74) is 1.37. The van der Waals surface area contributed by atoms with Crippen molar-refractivity contribution >= 4 is 28.9 Å². The molecule has 3 aromatic heterocycles. The summed E-state index contributed by atoms with van der Waals surface area (Å²) in [4.78, 5) is 28.3. The number of nitrogens with one attached hydrogen (secondary N) is 1. The molecule has 1 fully saturated rings. The van der Waals surface area contributed by atoms with Crippen LogP contribution in [0.4, 0.5) is 13.2 Å². The van der Waals surface area contributed by atoms with Crippen LogP contribution >= 0.6 is 11.6 Å². The van der Waals surface area contributed by atoms with Crippen molar-refractivity contribution in [3.05, 3.63) is 65.6 Å². The minimum absolute atomic E-state index is 0.0746. The molecule has 0 radical (unpaired) electrons. The van der Waals surface area contributed by atoms with Gasteiger partial charge < -0.3 is 9.87 Å². The van der Waals surface area contributed by atoms with E-state index in [0.717, 1.165) is 12.4 Å². The van der Waals surface area contributed by atoms with Crippen LogP contribution in [0.5, 0.6) is 0 Å². The highest BCUT2D eigenvalue weighted by molar-refractivity contribution is 7.89. The van der Waals surface area contributed by atoms with E-state index in [9.17, 15) is 22.5 Å². The molecule has 0 saturated carbocycles. The minimum atomic E-state index is -4.63. The number of halogens is 4. The third-order valence-corrected chi connectivity index (χ3v) is 7.35. The predicted octanol–water partition coefficient (Wildman–Crippen LogP) is 3.80. The SMILES string of the molecule is C[C@H]1CC[C@@H](C(=O)NCc2ccnc(-c3cnc(C(F)(F)F)nc3)c2)N1[S+]([O-])c1ccc(Cl)nc1. The van der Waals surface area contributed by atoms with Crippen LogP contribution in [0.1, 0.15) is 31.2 Å². The van der Waals surface area contributed by atoms with Crippen molar-refractivity contribution in [2.24, 2.45) is 0 Å². The molecule has 4 heterocycles. The lowest BCUT2D eigenvalue weighted by Gasteiger charge is -2.27. The zero-order chi connectivity index (χ0) is 25.2. The summed E-state index contributed by atoms with van der Waals surface area (Å²) in [5.74, 6) is -1.51. The molecule has 13 heteroatoms. The van der Waals surface area contributed by atoms with Crippen LogP contribution in [0.2, 0.25) is 5.15 Å². The van der Waals surface area contributed by atoms with Crippen molar-refractivity contribution in [2.45, 2.75) is 49.5 Å². The topological polar surface area (TPSA) is 107 Å². The van der Waals surface area contributed by atoms with Gasteiger partial charge in [0.2, 0.25) is 11.7 Å². The highest BCUT2D eigenvalue weighted by atomic mass is 35.5. The maximum Gasteiger partial charge on any atom is 0.451 e. The second-order valence-corrected chi connectivity index (χ2v) is 9.71. The zero-order valence-corrected chi connectivity index (χ0v) is 19.9. The molecule has 184 valence electrons. The average Bonchev–Trinajstić information content (AvgIpc) is 3.23. The van der Waals surface area contributed by atoms with Gasteiger partial charge in [-0.05, 0) is 49.6 Å². The lowest BCUT2D eigenvalue weighted by molar-refractivity contribution is -0.145. The van der Waals surface area contributed by atoms with Gasteiger partial charge in [0.1, 0.15) is 11.2 Å². The van der Waals surface area contributed by atoms with Gasteiger partial charge in [0.25, 0.3) is 0 Å². The Morgan fingerprint density at radius 3 is 2.57 bits per heavy atom. The summed E-state index contributed by atoms with van der Waals surface area (Å²) in [6, 6.07) is 5.82. The largest absolute Gasteiger partial charge is 0.593 e. The maximum atomic E-state index is 13.1. The Morgan fingerprint density at radius 2 is 1.91 bits per heavy atom. The molecule has 4 rings (SSSR count). The number of hydrogen-bond donors (Lipinski definition) is 1. The number of pyridine rings is 2. The van der Waals surface area contributed by atoms with Gasteiger partial charge in [0, 0.05) is 30.7 Å². The summed E-state index contributed by atoms with van der Waals surface area (Å²) in [5, 5.41) is 3.14. The van der Waals surface area contributed by atoms with Crippen molar-refractivity contribution in [1.29, 1.82) is 0 Å².